The van der Waals surface area contributed by atoms with Crippen LogP contribution in [-0.4, -0.2) is 38.2 Å². The highest BCUT2D eigenvalue weighted by atomic mass is 16.7. The number of benzene rings is 2. The number of methoxy groups -OCH3 is 2. The van der Waals surface area contributed by atoms with Gasteiger partial charge >= 0.3 is 5.97 Å². The first-order valence-electron chi connectivity index (χ1n) is 11.2. The Balaban J connectivity index is 2.44. The molecule has 0 bridgehead atoms. The molecule has 0 amide bonds. The molecule has 1 aromatic heterocycles. The van der Waals surface area contributed by atoms with Gasteiger partial charge in [-0.1, -0.05) is 37.3 Å². The molecule has 0 aliphatic heterocycles. The summed E-state index contributed by atoms with van der Waals surface area (Å²) in [6.45, 7) is 9.06. The van der Waals surface area contributed by atoms with Gasteiger partial charge in [0.05, 0.1) is 24.9 Å². The van der Waals surface area contributed by atoms with Crippen molar-refractivity contribution in [1.82, 2.24) is 4.57 Å². The summed E-state index contributed by atoms with van der Waals surface area (Å²) in [5.74, 6) is 0.876. The van der Waals surface area contributed by atoms with Crippen LogP contribution in [0.2, 0.25) is 0 Å². The van der Waals surface area contributed by atoms with Crippen LogP contribution in [0.1, 0.15) is 38.3 Å². The van der Waals surface area contributed by atoms with E-state index in [4.69, 9.17) is 18.9 Å². The summed E-state index contributed by atoms with van der Waals surface area (Å²) in [7, 11) is 3.21. The first-order chi connectivity index (χ1) is 16.0. The number of esters is 1. The molecule has 0 radical (unpaired) electrons. The maximum atomic E-state index is 12.4. The van der Waals surface area contributed by atoms with Crippen LogP contribution >= 0.6 is 0 Å². The SMILES string of the molecule is CCCn1c(-c2ccccc2)c(C)c2c(OCOC)c(OC)cc(/C=C(\C)C(=O)OCC)c21. The molecule has 0 fully saturated rings. The molecule has 6 heteroatoms. The minimum atomic E-state index is -0.335. The Morgan fingerprint density at radius 3 is 2.45 bits per heavy atom. The third kappa shape index (κ3) is 4.91. The standard InChI is InChI=1S/C27H33NO5/c1-7-14-28-24(20-12-10-9-11-13-20)19(4)23-25(28)21(15-18(3)27(29)32-8-2)16-22(31-6)26(23)33-17-30-5/h9-13,15-16H,7-8,14,17H2,1-6H3/b18-15+. The number of rotatable bonds is 10. The van der Waals surface area contributed by atoms with Crippen LogP contribution in [0.4, 0.5) is 0 Å². The molecule has 1 heterocycles. The highest BCUT2D eigenvalue weighted by molar-refractivity contribution is 6.04. The molecule has 0 saturated heterocycles. The van der Waals surface area contributed by atoms with Crippen molar-refractivity contribution < 1.29 is 23.7 Å². The van der Waals surface area contributed by atoms with Gasteiger partial charge in [0.15, 0.2) is 18.3 Å². The number of ether oxygens (including phenoxy) is 4. The molecule has 2 aromatic carbocycles. The van der Waals surface area contributed by atoms with E-state index in [1.165, 1.54) is 0 Å². The molecule has 176 valence electrons. The highest BCUT2D eigenvalue weighted by Crippen LogP contribution is 2.45. The minimum absolute atomic E-state index is 0.0988. The fourth-order valence-electron chi connectivity index (χ4n) is 4.20. The highest BCUT2D eigenvalue weighted by Gasteiger charge is 2.24. The molecule has 0 saturated carbocycles. The third-order valence-corrected chi connectivity index (χ3v) is 5.52. The molecule has 0 aliphatic carbocycles. The summed E-state index contributed by atoms with van der Waals surface area (Å²) in [5, 5.41) is 0.946. The predicted octanol–water partition coefficient (Wildman–Crippen LogP) is 5.98. The Kier molecular flexibility index (Phi) is 8.17. The Morgan fingerprint density at radius 1 is 1.12 bits per heavy atom. The van der Waals surface area contributed by atoms with Gasteiger partial charge in [-0.25, -0.2) is 4.79 Å². The van der Waals surface area contributed by atoms with Gasteiger partial charge in [0.1, 0.15) is 0 Å². The first-order valence-corrected chi connectivity index (χ1v) is 11.2. The normalized spacial score (nSPS) is 11.6. The number of nitrogens with zero attached hydrogens (tertiary/aromatic N) is 1. The van der Waals surface area contributed by atoms with Crippen LogP contribution in [0, 0.1) is 6.92 Å². The van der Waals surface area contributed by atoms with Crippen LogP contribution in [0.25, 0.3) is 28.2 Å². The molecule has 3 rings (SSSR count). The van der Waals surface area contributed by atoms with E-state index in [0.29, 0.717) is 23.7 Å². The summed E-state index contributed by atoms with van der Waals surface area (Å²) in [6.07, 6.45) is 2.81. The summed E-state index contributed by atoms with van der Waals surface area (Å²) in [6, 6.07) is 12.2. The Hall–Kier alpha value is -3.25. The van der Waals surface area contributed by atoms with Gasteiger partial charge in [0.25, 0.3) is 0 Å². The largest absolute Gasteiger partial charge is 0.493 e. The molecular formula is C27H33NO5. The topological polar surface area (TPSA) is 58.9 Å². The first kappa shape index (κ1) is 24.4. The van der Waals surface area contributed by atoms with Crippen molar-refractivity contribution in [3.63, 3.8) is 0 Å². The van der Waals surface area contributed by atoms with E-state index in [2.05, 4.69) is 30.5 Å². The van der Waals surface area contributed by atoms with Gasteiger partial charge in [-0.3, -0.25) is 0 Å². The maximum absolute atomic E-state index is 12.4. The van der Waals surface area contributed by atoms with E-state index in [1.807, 2.05) is 30.3 Å². The van der Waals surface area contributed by atoms with E-state index in [-0.39, 0.29) is 12.8 Å². The monoisotopic (exact) mass is 451 g/mol. The van der Waals surface area contributed by atoms with Crippen molar-refractivity contribution in [3.05, 3.63) is 53.1 Å². The van der Waals surface area contributed by atoms with Crippen LogP contribution in [-0.2, 0) is 20.8 Å². The van der Waals surface area contributed by atoms with Gasteiger partial charge in [0.2, 0.25) is 0 Å². The second kappa shape index (κ2) is 11.1. The van der Waals surface area contributed by atoms with Crippen molar-refractivity contribution in [3.8, 4) is 22.8 Å². The van der Waals surface area contributed by atoms with E-state index < -0.39 is 0 Å². The lowest BCUT2D eigenvalue weighted by Gasteiger charge is -2.16. The lowest BCUT2D eigenvalue weighted by Crippen LogP contribution is -2.06. The van der Waals surface area contributed by atoms with Crippen LogP contribution in [0.5, 0.6) is 11.5 Å². The zero-order chi connectivity index (χ0) is 24.0. The fourth-order valence-corrected chi connectivity index (χ4v) is 4.20. The fraction of sp³-hybridized carbons (Fsp3) is 0.370. The maximum Gasteiger partial charge on any atom is 0.333 e. The third-order valence-electron chi connectivity index (χ3n) is 5.52. The number of fused-ring (bicyclic) bond motifs is 1. The van der Waals surface area contributed by atoms with Crippen molar-refractivity contribution >= 4 is 22.9 Å². The number of carbonyl (C=O) groups is 1. The number of aromatic nitrogens is 1. The summed E-state index contributed by atoms with van der Waals surface area (Å²) >= 11 is 0. The van der Waals surface area contributed by atoms with Gasteiger partial charge in [-0.15, -0.1) is 0 Å². The van der Waals surface area contributed by atoms with Gasteiger partial charge in [-0.05, 0) is 50.5 Å². The van der Waals surface area contributed by atoms with Crippen LogP contribution < -0.4 is 9.47 Å². The van der Waals surface area contributed by atoms with Gasteiger partial charge < -0.3 is 23.5 Å². The van der Waals surface area contributed by atoms with E-state index in [9.17, 15) is 4.79 Å². The molecular weight excluding hydrogens is 418 g/mol. The molecule has 33 heavy (non-hydrogen) atoms. The molecule has 3 aromatic rings. The number of aryl methyl sites for hydroxylation is 2. The van der Waals surface area contributed by atoms with Gasteiger partial charge in [0, 0.05) is 30.2 Å². The summed E-state index contributed by atoms with van der Waals surface area (Å²) in [4.78, 5) is 12.4. The lowest BCUT2D eigenvalue weighted by molar-refractivity contribution is -0.138. The average molecular weight is 452 g/mol. The van der Waals surface area contributed by atoms with Crippen molar-refractivity contribution in [2.45, 2.75) is 40.7 Å². The Labute approximate surface area is 195 Å². The number of carbonyl (C=O) groups excluding carboxylic acids is 1. The smallest absolute Gasteiger partial charge is 0.333 e. The molecule has 0 atom stereocenters. The van der Waals surface area contributed by atoms with Crippen LogP contribution in [0.3, 0.4) is 0 Å². The number of hydrogen-bond donors (Lipinski definition) is 0. The van der Waals surface area contributed by atoms with E-state index >= 15 is 0 Å². The van der Waals surface area contributed by atoms with Crippen molar-refractivity contribution in [1.29, 1.82) is 0 Å². The second-order valence-corrected chi connectivity index (χ2v) is 7.81. The average Bonchev–Trinajstić information content (AvgIpc) is 3.11. The van der Waals surface area contributed by atoms with Crippen molar-refractivity contribution in [2.24, 2.45) is 0 Å². The molecule has 0 unspecified atom stereocenters. The summed E-state index contributed by atoms with van der Waals surface area (Å²) < 4.78 is 24.5. The molecule has 6 nitrogen and oxygen atoms in total. The predicted molar refractivity (Wildman–Crippen MR) is 132 cm³/mol. The lowest BCUT2D eigenvalue weighted by atomic mass is 10.0. The molecule has 0 N–H and O–H groups in total. The zero-order valence-corrected chi connectivity index (χ0v) is 20.4. The Bertz CT molecular complexity index is 1140. The second-order valence-electron chi connectivity index (χ2n) is 7.81. The molecule has 0 aliphatic rings. The molecule has 0 spiro atoms. The minimum Gasteiger partial charge on any atom is -0.493 e. The zero-order valence-electron chi connectivity index (χ0n) is 20.4. The number of hydrogen-bond acceptors (Lipinski definition) is 5. The van der Waals surface area contributed by atoms with Gasteiger partial charge in [-0.2, -0.15) is 0 Å². The van der Waals surface area contributed by atoms with E-state index in [1.54, 1.807) is 28.1 Å². The van der Waals surface area contributed by atoms with Crippen molar-refractivity contribution in [2.75, 3.05) is 27.6 Å². The van der Waals surface area contributed by atoms with Crippen LogP contribution in [0.15, 0.2) is 42.0 Å². The summed E-state index contributed by atoms with van der Waals surface area (Å²) in [5.41, 5.74) is 5.70. The quantitative estimate of drug-likeness (QED) is 0.215. The Morgan fingerprint density at radius 2 is 1.85 bits per heavy atom. The van der Waals surface area contributed by atoms with E-state index in [0.717, 1.165) is 46.3 Å².